The van der Waals surface area contributed by atoms with Gasteiger partial charge in [0, 0.05) is 6.54 Å². The Bertz CT molecular complexity index is 553. The first-order chi connectivity index (χ1) is 9.06. The van der Waals surface area contributed by atoms with Crippen molar-refractivity contribution in [3.8, 4) is 0 Å². The smallest absolute Gasteiger partial charge is 0.287 e. The standard InChI is InChI=1S/C15H16FNO2/c1-10-9-14(19-11(10)2)15(18)17-8-7-12-3-5-13(16)6-4-12/h3-6,9H,7-8H2,1-2H3,(H,17,18). The second-order valence-corrected chi connectivity index (χ2v) is 4.48. The van der Waals surface area contributed by atoms with Crippen LogP contribution >= 0.6 is 0 Å². The second kappa shape index (κ2) is 5.69. The molecule has 0 aliphatic carbocycles. The summed E-state index contributed by atoms with van der Waals surface area (Å²) in [6.07, 6.45) is 0.657. The lowest BCUT2D eigenvalue weighted by Gasteiger charge is -2.03. The van der Waals surface area contributed by atoms with Crippen molar-refractivity contribution in [3.63, 3.8) is 0 Å². The van der Waals surface area contributed by atoms with Gasteiger partial charge in [-0.2, -0.15) is 0 Å². The highest BCUT2D eigenvalue weighted by Crippen LogP contribution is 2.12. The van der Waals surface area contributed by atoms with Crippen molar-refractivity contribution in [1.82, 2.24) is 5.32 Å². The van der Waals surface area contributed by atoms with E-state index >= 15 is 0 Å². The van der Waals surface area contributed by atoms with Crippen LogP contribution in [0.5, 0.6) is 0 Å². The van der Waals surface area contributed by atoms with Crippen molar-refractivity contribution in [2.24, 2.45) is 0 Å². The number of halogens is 1. The molecule has 0 saturated heterocycles. The van der Waals surface area contributed by atoms with Crippen molar-refractivity contribution in [3.05, 3.63) is 58.8 Å². The Morgan fingerprint density at radius 1 is 1.26 bits per heavy atom. The average Bonchev–Trinajstić information content (AvgIpc) is 2.72. The lowest BCUT2D eigenvalue weighted by Crippen LogP contribution is -2.25. The predicted octanol–water partition coefficient (Wildman–Crippen LogP) is 3.01. The van der Waals surface area contributed by atoms with E-state index in [0.717, 1.165) is 16.9 Å². The van der Waals surface area contributed by atoms with Crippen molar-refractivity contribution in [2.75, 3.05) is 6.54 Å². The Hall–Kier alpha value is -2.10. The number of carbonyl (C=O) groups excluding carboxylic acids is 1. The topological polar surface area (TPSA) is 42.2 Å². The molecule has 0 aliphatic rings. The molecule has 0 saturated carbocycles. The maximum Gasteiger partial charge on any atom is 0.287 e. The van der Waals surface area contributed by atoms with Gasteiger partial charge in [0.1, 0.15) is 11.6 Å². The molecule has 0 unspecified atom stereocenters. The third-order valence-electron chi connectivity index (χ3n) is 3.00. The molecule has 3 nitrogen and oxygen atoms in total. The number of benzene rings is 1. The van der Waals surface area contributed by atoms with Crippen LogP contribution in [0.3, 0.4) is 0 Å². The molecule has 0 bridgehead atoms. The summed E-state index contributed by atoms with van der Waals surface area (Å²) in [5, 5.41) is 2.78. The van der Waals surface area contributed by atoms with Crippen LogP contribution in [0.25, 0.3) is 0 Å². The van der Waals surface area contributed by atoms with Gasteiger partial charge in [-0.3, -0.25) is 4.79 Å². The molecule has 1 aromatic carbocycles. The Morgan fingerprint density at radius 2 is 1.95 bits per heavy atom. The van der Waals surface area contributed by atoms with E-state index in [9.17, 15) is 9.18 Å². The van der Waals surface area contributed by atoms with Crippen LogP contribution in [0.1, 0.15) is 27.4 Å². The number of amides is 1. The van der Waals surface area contributed by atoms with E-state index in [1.165, 1.54) is 12.1 Å². The molecule has 4 heteroatoms. The zero-order valence-electron chi connectivity index (χ0n) is 11.0. The molecule has 0 spiro atoms. The van der Waals surface area contributed by atoms with Crippen LogP contribution in [0.15, 0.2) is 34.7 Å². The van der Waals surface area contributed by atoms with Crippen LogP contribution in [0, 0.1) is 19.7 Å². The molecule has 1 N–H and O–H groups in total. The van der Waals surface area contributed by atoms with E-state index in [4.69, 9.17) is 4.42 Å². The molecule has 100 valence electrons. The monoisotopic (exact) mass is 261 g/mol. The molecular weight excluding hydrogens is 245 g/mol. The van der Waals surface area contributed by atoms with Crippen molar-refractivity contribution in [2.45, 2.75) is 20.3 Å². The first kappa shape index (κ1) is 13.3. The second-order valence-electron chi connectivity index (χ2n) is 4.48. The van der Waals surface area contributed by atoms with Gasteiger partial charge in [-0.05, 0) is 49.6 Å². The fourth-order valence-electron chi connectivity index (χ4n) is 1.74. The van der Waals surface area contributed by atoms with Crippen LogP contribution in [0.2, 0.25) is 0 Å². The molecule has 2 rings (SSSR count). The van der Waals surface area contributed by atoms with E-state index in [1.807, 2.05) is 13.8 Å². The zero-order chi connectivity index (χ0) is 13.8. The molecule has 2 aromatic rings. The largest absolute Gasteiger partial charge is 0.456 e. The molecule has 0 radical (unpaired) electrons. The molecule has 0 fully saturated rings. The highest BCUT2D eigenvalue weighted by atomic mass is 19.1. The fourth-order valence-corrected chi connectivity index (χ4v) is 1.74. The minimum atomic E-state index is -0.255. The first-order valence-corrected chi connectivity index (χ1v) is 6.16. The molecule has 1 aromatic heterocycles. The minimum Gasteiger partial charge on any atom is -0.456 e. The number of nitrogens with one attached hydrogen (secondary N) is 1. The van der Waals surface area contributed by atoms with Crippen LogP contribution in [0.4, 0.5) is 4.39 Å². The molecule has 1 amide bonds. The summed E-state index contributed by atoms with van der Waals surface area (Å²) >= 11 is 0. The number of hydrogen-bond donors (Lipinski definition) is 1. The summed E-state index contributed by atoms with van der Waals surface area (Å²) < 4.78 is 18.0. The summed E-state index contributed by atoms with van der Waals surface area (Å²) in [5.74, 6) is 0.602. The molecule has 0 atom stereocenters. The quantitative estimate of drug-likeness (QED) is 0.919. The molecule has 19 heavy (non-hydrogen) atoms. The number of carbonyl (C=O) groups is 1. The van der Waals surface area contributed by atoms with Crippen LogP contribution in [-0.2, 0) is 6.42 Å². The molecule has 1 heterocycles. The zero-order valence-corrected chi connectivity index (χ0v) is 11.0. The molecule has 0 aliphatic heterocycles. The van der Waals surface area contributed by atoms with Crippen molar-refractivity contribution in [1.29, 1.82) is 0 Å². The van der Waals surface area contributed by atoms with Crippen LogP contribution in [-0.4, -0.2) is 12.5 Å². The van der Waals surface area contributed by atoms with Gasteiger partial charge in [-0.25, -0.2) is 4.39 Å². The highest BCUT2D eigenvalue weighted by Gasteiger charge is 2.11. The summed E-state index contributed by atoms with van der Waals surface area (Å²) in [4.78, 5) is 11.8. The number of hydrogen-bond acceptors (Lipinski definition) is 2. The number of furan rings is 1. The Balaban J connectivity index is 1.85. The summed E-state index contributed by atoms with van der Waals surface area (Å²) in [6.45, 7) is 4.21. The Labute approximate surface area is 111 Å². The SMILES string of the molecule is Cc1cc(C(=O)NCCc2ccc(F)cc2)oc1C. The van der Waals surface area contributed by atoms with Gasteiger partial charge >= 0.3 is 0 Å². The lowest BCUT2D eigenvalue weighted by atomic mass is 10.1. The van der Waals surface area contributed by atoms with E-state index in [-0.39, 0.29) is 11.7 Å². The Morgan fingerprint density at radius 3 is 2.53 bits per heavy atom. The van der Waals surface area contributed by atoms with Gasteiger partial charge in [0.25, 0.3) is 5.91 Å². The number of rotatable bonds is 4. The normalized spacial score (nSPS) is 10.5. The predicted molar refractivity (Wildman–Crippen MR) is 70.6 cm³/mol. The van der Waals surface area contributed by atoms with Gasteiger partial charge in [0.05, 0.1) is 0 Å². The van der Waals surface area contributed by atoms with Crippen molar-refractivity contribution >= 4 is 5.91 Å². The minimum absolute atomic E-state index is 0.224. The highest BCUT2D eigenvalue weighted by molar-refractivity contribution is 5.91. The lowest BCUT2D eigenvalue weighted by molar-refractivity contribution is 0.0925. The van der Waals surface area contributed by atoms with Gasteiger partial charge in [-0.1, -0.05) is 12.1 Å². The average molecular weight is 261 g/mol. The van der Waals surface area contributed by atoms with Gasteiger partial charge in [-0.15, -0.1) is 0 Å². The van der Waals surface area contributed by atoms with Gasteiger partial charge in [0.2, 0.25) is 0 Å². The summed E-state index contributed by atoms with van der Waals surface area (Å²) in [5.41, 5.74) is 1.94. The third-order valence-corrected chi connectivity index (χ3v) is 3.00. The Kier molecular flexibility index (Phi) is 4.00. The van der Waals surface area contributed by atoms with E-state index in [0.29, 0.717) is 18.7 Å². The van der Waals surface area contributed by atoms with E-state index < -0.39 is 0 Å². The fraction of sp³-hybridized carbons (Fsp3) is 0.267. The first-order valence-electron chi connectivity index (χ1n) is 6.16. The van der Waals surface area contributed by atoms with Crippen LogP contribution < -0.4 is 5.32 Å². The van der Waals surface area contributed by atoms with Crippen molar-refractivity contribution < 1.29 is 13.6 Å². The molecular formula is C15H16FNO2. The maximum atomic E-state index is 12.7. The summed E-state index contributed by atoms with van der Waals surface area (Å²) in [7, 11) is 0. The number of aryl methyl sites for hydroxylation is 2. The maximum absolute atomic E-state index is 12.7. The van der Waals surface area contributed by atoms with Gasteiger partial charge < -0.3 is 9.73 Å². The van der Waals surface area contributed by atoms with E-state index in [2.05, 4.69) is 5.32 Å². The van der Waals surface area contributed by atoms with Gasteiger partial charge in [0.15, 0.2) is 5.76 Å². The van der Waals surface area contributed by atoms with E-state index in [1.54, 1.807) is 18.2 Å². The third kappa shape index (κ3) is 3.44. The summed E-state index contributed by atoms with van der Waals surface area (Å²) in [6, 6.07) is 7.97.